The highest BCUT2D eigenvalue weighted by molar-refractivity contribution is 5.65. The van der Waals surface area contributed by atoms with Gasteiger partial charge in [0.15, 0.2) is 5.82 Å². The Morgan fingerprint density at radius 1 is 1.17 bits per heavy atom. The molecule has 2 rings (SSSR count). The maximum absolute atomic E-state index is 14.1. The molecule has 1 aromatic heterocycles. The molecule has 0 atom stereocenters. The monoisotopic (exact) mass is 247 g/mol. The molecule has 0 aliphatic carbocycles. The molecular weight excluding hydrogens is 233 g/mol. The lowest BCUT2D eigenvalue weighted by Gasteiger charge is -2.14. The lowest BCUT2D eigenvalue weighted by Crippen LogP contribution is -2.13. The molecular formula is C12H14FN5. The van der Waals surface area contributed by atoms with Crippen molar-refractivity contribution >= 4 is 23.1 Å². The van der Waals surface area contributed by atoms with E-state index < -0.39 is 0 Å². The number of benzene rings is 1. The zero-order valence-corrected chi connectivity index (χ0v) is 9.97. The van der Waals surface area contributed by atoms with Crippen LogP contribution in [-0.4, -0.2) is 9.97 Å². The van der Waals surface area contributed by atoms with Gasteiger partial charge in [0.1, 0.15) is 0 Å². The Bertz CT molecular complexity index is 544. The van der Waals surface area contributed by atoms with Crippen LogP contribution in [0.25, 0.3) is 0 Å². The van der Waals surface area contributed by atoms with Gasteiger partial charge in [0.05, 0.1) is 17.1 Å². The molecule has 18 heavy (non-hydrogen) atoms. The number of rotatable bonds is 3. The minimum Gasteiger partial charge on any atom is -0.394 e. The Hall–Kier alpha value is -2.37. The molecule has 4 N–H and O–H groups in total. The van der Waals surface area contributed by atoms with Crippen LogP contribution in [0.4, 0.5) is 27.6 Å². The van der Waals surface area contributed by atoms with E-state index in [1.807, 2.05) is 6.92 Å². The summed E-state index contributed by atoms with van der Waals surface area (Å²) in [5.41, 5.74) is 12.5. The molecule has 0 unspecified atom stereocenters. The van der Waals surface area contributed by atoms with Crippen molar-refractivity contribution in [1.29, 1.82) is 0 Å². The second-order valence-electron chi connectivity index (χ2n) is 3.74. The average Bonchev–Trinajstić information content (AvgIpc) is 2.42. The highest BCUT2D eigenvalue weighted by atomic mass is 19.2. The quantitative estimate of drug-likeness (QED) is 0.813. The Labute approximate surface area is 104 Å². The minimum absolute atomic E-state index is 0.0930. The summed E-state index contributed by atoms with van der Waals surface area (Å²) in [4.78, 5) is 7.91. The molecule has 6 heteroatoms. The number of hydrogen-bond acceptors (Lipinski definition) is 5. The lowest BCUT2D eigenvalue weighted by atomic mass is 10.2. The molecule has 94 valence electrons. The predicted molar refractivity (Wildman–Crippen MR) is 69.9 cm³/mol. The van der Waals surface area contributed by atoms with Crippen LogP contribution in [-0.2, 0) is 6.42 Å². The first-order valence-corrected chi connectivity index (χ1v) is 5.56. The van der Waals surface area contributed by atoms with E-state index in [1.165, 1.54) is 0 Å². The van der Waals surface area contributed by atoms with Gasteiger partial charge in [-0.15, -0.1) is 5.12 Å². The normalized spacial score (nSPS) is 10.3. The fraction of sp³-hybridized carbons (Fsp3) is 0.167. The first kappa shape index (κ1) is 12.1. The summed E-state index contributed by atoms with van der Waals surface area (Å²) in [6.45, 7) is 1.87. The summed E-state index contributed by atoms with van der Waals surface area (Å²) < 4.78 is 14.1. The summed E-state index contributed by atoms with van der Waals surface area (Å²) in [7, 11) is 0. The number of nitrogens with zero attached hydrogens (tertiary/aromatic N) is 3. The molecule has 0 bridgehead atoms. The van der Waals surface area contributed by atoms with Crippen LogP contribution in [0.2, 0.25) is 0 Å². The molecule has 0 saturated heterocycles. The second-order valence-corrected chi connectivity index (χ2v) is 3.74. The molecule has 0 amide bonds. The Kier molecular flexibility index (Phi) is 3.27. The number of nitrogen functional groups attached to an aromatic ring is 2. The summed E-state index contributed by atoms with van der Waals surface area (Å²) >= 11 is 0. The molecule has 2 aromatic rings. The van der Waals surface area contributed by atoms with Crippen molar-refractivity contribution in [3.63, 3.8) is 0 Å². The van der Waals surface area contributed by atoms with Crippen LogP contribution in [0.3, 0.4) is 0 Å². The Morgan fingerprint density at radius 3 is 2.44 bits per heavy atom. The van der Waals surface area contributed by atoms with E-state index in [0.717, 1.165) is 0 Å². The van der Waals surface area contributed by atoms with Crippen LogP contribution in [0.5, 0.6) is 0 Å². The van der Waals surface area contributed by atoms with Crippen molar-refractivity contribution < 1.29 is 4.48 Å². The lowest BCUT2D eigenvalue weighted by molar-refractivity contribution is 0.492. The van der Waals surface area contributed by atoms with Crippen LogP contribution >= 0.6 is 0 Å². The summed E-state index contributed by atoms with van der Waals surface area (Å²) in [5.74, 6) is -0.0137. The third-order valence-electron chi connectivity index (χ3n) is 2.54. The van der Waals surface area contributed by atoms with Gasteiger partial charge >= 0.3 is 0 Å². The van der Waals surface area contributed by atoms with Crippen molar-refractivity contribution in [3.8, 4) is 0 Å². The third-order valence-corrected chi connectivity index (χ3v) is 2.54. The third kappa shape index (κ3) is 2.17. The largest absolute Gasteiger partial charge is 0.394 e. The SMILES string of the molecule is CCc1nc(N(F)c2ccccc2)nc(N)c1N. The Morgan fingerprint density at radius 2 is 1.83 bits per heavy atom. The van der Waals surface area contributed by atoms with Crippen molar-refractivity contribution in [2.45, 2.75) is 13.3 Å². The van der Waals surface area contributed by atoms with Crippen molar-refractivity contribution in [1.82, 2.24) is 9.97 Å². The smallest absolute Gasteiger partial charge is 0.261 e. The molecule has 0 aliphatic heterocycles. The standard InChI is InChI=1S/C12H14FN5/c1-2-9-10(14)11(15)17-12(16-9)18(13)8-6-4-3-5-7-8/h3-7H,2,14H2,1H3,(H2,15,16,17). The summed E-state index contributed by atoms with van der Waals surface area (Å²) in [5, 5.41) is 0.384. The van der Waals surface area contributed by atoms with Crippen LogP contribution in [0.1, 0.15) is 12.6 Å². The summed E-state index contributed by atoms with van der Waals surface area (Å²) in [6, 6.07) is 8.47. The number of hydrogen-bond donors (Lipinski definition) is 2. The first-order valence-electron chi connectivity index (χ1n) is 5.56. The number of aryl methyl sites for hydroxylation is 1. The van der Waals surface area contributed by atoms with E-state index in [9.17, 15) is 4.48 Å². The average molecular weight is 247 g/mol. The van der Waals surface area contributed by atoms with Gasteiger partial charge in [-0.3, -0.25) is 0 Å². The molecule has 0 radical (unpaired) electrons. The van der Waals surface area contributed by atoms with Crippen molar-refractivity contribution in [2.75, 3.05) is 16.6 Å². The zero-order chi connectivity index (χ0) is 13.1. The molecule has 1 aromatic carbocycles. The highest BCUT2D eigenvalue weighted by Gasteiger charge is 2.15. The first-order chi connectivity index (χ1) is 8.63. The topological polar surface area (TPSA) is 81.1 Å². The number of nitrogens with two attached hydrogens (primary N) is 2. The molecule has 0 aliphatic rings. The fourth-order valence-corrected chi connectivity index (χ4v) is 1.55. The molecule has 0 fully saturated rings. The maximum Gasteiger partial charge on any atom is 0.261 e. The van der Waals surface area contributed by atoms with Gasteiger partial charge in [0.25, 0.3) is 5.95 Å². The van der Waals surface area contributed by atoms with E-state index >= 15 is 0 Å². The minimum atomic E-state index is -0.107. The van der Waals surface area contributed by atoms with E-state index in [1.54, 1.807) is 30.3 Å². The van der Waals surface area contributed by atoms with Gasteiger partial charge in [0, 0.05) is 0 Å². The van der Waals surface area contributed by atoms with Gasteiger partial charge < -0.3 is 11.5 Å². The van der Waals surface area contributed by atoms with Gasteiger partial charge in [-0.2, -0.15) is 4.98 Å². The molecule has 0 spiro atoms. The molecule has 0 saturated carbocycles. The predicted octanol–water partition coefficient (Wildman–Crippen LogP) is 2.23. The van der Waals surface area contributed by atoms with Crippen LogP contribution < -0.4 is 16.6 Å². The van der Waals surface area contributed by atoms with Crippen molar-refractivity contribution in [2.24, 2.45) is 0 Å². The van der Waals surface area contributed by atoms with Gasteiger partial charge in [-0.25, -0.2) is 4.98 Å². The van der Waals surface area contributed by atoms with E-state index in [4.69, 9.17) is 11.5 Å². The van der Waals surface area contributed by atoms with Crippen molar-refractivity contribution in [3.05, 3.63) is 36.0 Å². The van der Waals surface area contributed by atoms with E-state index in [2.05, 4.69) is 9.97 Å². The maximum atomic E-state index is 14.1. The van der Waals surface area contributed by atoms with E-state index in [0.29, 0.717) is 28.6 Å². The van der Waals surface area contributed by atoms with Crippen LogP contribution in [0.15, 0.2) is 30.3 Å². The fourth-order valence-electron chi connectivity index (χ4n) is 1.55. The van der Waals surface area contributed by atoms with E-state index in [-0.39, 0.29) is 11.8 Å². The Balaban J connectivity index is 2.43. The number of para-hydroxylation sites is 1. The van der Waals surface area contributed by atoms with Crippen LogP contribution in [0, 0.1) is 0 Å². The molecule has 5 nitrogen and oxygen atoms in total. The number of anilines is 4. The number of aromatic nitrogens is 2. The zero-order valence-electron chi connectivity index (χ0n) is 9.97. The summed E-state index contributed by atoms with van der Waals surface area (Å²) in [6.07, 6.45) is 0.564. The number of halogens is 1. The second kappa shape index (κ2) is 4.87. The highest BCUT2D eigenvalue weighted by Crippen LogP contribution is 2.26. The van der Waals surface area contributed by atoms with Gasteiger partial charge in [-0.05, 0) is 18.6 Å². The van der Waals surface area contributed by atoms with Gasteiger partial charge in [0.2, 0.25) is 0 Å². The molecule has 1 heterocycles. The van der Waals surface area contributed by atoms with Gasteiger partial charge in [-0.1, -0.05) is 29.6 Å².